The van der Waals surface area contributed by atoms with E-state index in [0.717, 1.165) is 26.3 Å². The first-order chi connectivity index (χ1) is 14.3. The van der Waals surface area contributed by atoms with E-state index in [2.05, 4.69) is 52.2 Å². The molecule has 0 saturated carbocycles. The average Bonchev–Trinajstić information content (AvgIpc) is 2.70. The molecule has 0 aliphatic heterocycles. The summed E-state index contributed by atoms with van der Waals surface area (Å²) in [7, 11) is -0.763. The van der Waals surface area contributed by atoms with E-state index in [1.54, 1.807) is 0 Å². The predicted molar refractivity (Wildman–Crippen MR) is 140 cm³/mol. The topological polar surface area (TPSA) is 42.5 Å². The van der Waals surface area contributed by atoms with Crippen LogP contribution in [0.15, 0.2) is 0 Å². The van der Waals surface area contributed by atoms with Gasteiger partial charge in [0.1, 0.15) is 0 Å². The quantitative estimate of drug-likeness (QED) is 0.171. The molecule has 0 atom stereocenters. The Balaban J connectivity index is 3.26. The lowest BCUT2D eigenvalue weighted by atomic mass is 10.1. The van der Waals surface area contributed by atoms with Crippen LogP contribution in [0, 0.1) is 0 Å². The lowest BCUT2D eigenvalue weighted by molar-refractivity contribution is 0.334. The van der Waals surface area contributed by atoms with Crippen LogP contribution in [0.2, 0.25) is 10.1 Å². The van der Waals surface area contributed by atoms with Gasteiger partial charge >= 0.3 is 0 Å². The van der Waals surface area contributed by atoms with Crippen molar-refractivity contribution >= 4 is 19.5 Å². The third-order valence-electron chi connectivity index (χ3n) is 5.81. The summed E-state index contributed by atoms with van der Waals surface area (Å²) in [5, 5.41) is 8.12. The molecule has 0 radical (unpaired) electrons. The van der Waals surface area contributed by atoms with Crippen molar-refractivity contribution in [1.82, 2.24) is 10.6 Å². The summed E-state index contributed by atoms with van der Waals surface area (Å²) in [6.07, 6.45) is 13.6. The van der Waals surface area contributed by atoms with Crippen LogP contribution in [0.25, 0.3) is 0 Å². The van der Waals surface area contributed by atoms with Crippen molar-refractivity contribution in [2.24, 2.45) is 0 Å². The van der Waals surface area contributed by atoms with Crippen LogP contribution >= 0.6 is 0 Å². The lowest BCUT2D eigenvalue weighted by Gasteiger charge is -2.23. The Morgan fingerprint density at radius 2 is 0.867 bits per heavy atom. The van der Waals surface area contributed by atoms with Crippen LogP contribution in [-0.4, -0.2) is 58.9 Å². The molecule has 2 N–H and O–H groups in total. The molecule has 0 bridgehead atoms. The molecular formula is C24H56N2O2Si2. The molecule has 4 nitrogen and oxygen atoms in total. The Kier molecular flexibility index (Phi) is 20.1. The van der Waals surface area contributed by atoms with Crippen molar-refractivity contribution < 1.29 is 8.85 Å². The number of hydrogen-bond donors (Lipinski definition) is 2. The summed E-state index contributed by atoms with van der Waals surface area (Å²) >= 11 is 0. The first-order valence-corrected chi connectivity index (χ1v) is 15.5. The van der Waals surface area contributed by atoms with E-state index in [1.807, 2.05) is 0 Å². The first kappa shape index (κ1) is 30.3. The van der Waals surface area contributed by atoms with E-state index < -0.39 is 0 Å². The molecular weight excluding hydrogens is 404 g/mol. The van der Waals surface area contributed by atoms with Crippen LogP contribution in [0.5, 0.6) is 0 Å². The van der Waals surface area contributed by atoms with Gasteiger partial charge < -0.3 is 19.5 Å². The SMILES string of the molecule is CCO[SiH2]C(C)(C)CCNCCCCCCCCCCNCCC(C)(C)[SiH2]OCC. The van der Waals surface area contributed by atoms with Crippen molar-refractivity contribution in [3.63, 3.8) is 0 Å². The molecule has 0 amide bonds. The van der Waals surface area contributed by atoms with Gasteiger partial charge in [0.05, 0.1) is 0 Å². The molecule has 182 valence electrons. The number of nitrogens with one attached hydrogen (secondary N) is 2. The Morgan fingerprint density at radius 3 is 1.20 bits per heavy atom. The van der Waals surface area contributed by atoms with Crippen molar-refractivity contribution in [3.8, 4) is 0 Å². The Hall–Kier alpha value is 0.274. The van der Waals surface area contributed by atoms with Crippen molar-refractivity contribution in [3.05, 3.63) is 0 Å². The molecule has 6 heteroatoms. The summed E-state index contributed by atoms with van der Waals surface area (Å²) in [4.78, 5) is 0. The normalized spacial score (nSPS) is 13.4. The maximum atomic E-state index is 5.70. The number of hydrogen-bond acceptors (Lipinski definition) is 4. The van der Waals surface area contributed by atoms with Crippen molar-refractivity contribution in [2.75, 3.05) is 39.4 Å². The van der Waals surface area contributed by atoms with Gasteiger partial charge in [-0.3, -0.25) is 0 Å². The van der Waals surface area contributed by atoms with Crippen LogP contribution in [-0.2, 0) is 8.85 Å². The highest BCUT2D eigenvalue weighted by atomic mass is 28.2. The summed E-state index contributed by atoms with van der Waals surface area (Å²) < 4.78 is 11.4. The summed E-state index contributed by atoms with van der Waals surface area (Å²) in [5.41, 5.74) is 0. The third-order valence-corrected chi connectivity index (χ3v) is 9.30. The van der Waals surface area contributed by atoms with Gasteiger partial charge in [-0.2, -0.15) is 0 Å². The minimum Gasteiger partial charge on any atom is -0.424 e. The lowest BCUT2D eigenvalue weighted by Crippen LogP contribution is -2.24. The minimum atomic E-state index is -0.381. The maximum Gasteiger partial charge on any atom is 0.167 e. The molecule has 0 aromatic rings. The summed E-state index contributed by atoms with van der Waals surface area (Å²) in [5.74, 6) is 0. The fourth-order valence-electron chi connectivity index (χ4n) is 3.57. The standard InChI is InChI=1S/C24H56N2O2Si2/c1-7-27-29-23(3,4)17-21-25-19-15-13-11-9-10-12-14-16-20-26-22-18-24(5,6)30-28-8-2/h25-26H,7-22,29-30H2,1-6H3. The molecule has 30 heavy (non-hydrogen) atoms. The van der Waals surface area contributed by atoms with E-state index in [1.165, 1.54) is 77.3 Å². The minimum absolute atomic E-state index is 0.381. The van der Waals surface area contributed by atoms with Crippen molar-refractivity contribution in [2.45, 2.75) is 116 Å². The van der Waals surface area contributed by atoms with Crippen molar-refractivity contribution in [1.29, 1.82) is 0 Å². The monoisotopic (exact) mass is 460 g/mol. The molecule has 0 heterocycles. The first-order valence-electron chi connectivity index (χ1n) is 12.9. The Bertz CT molecular complexity index is 335. The second-order valence-corrected chi connectivity index (χ2v) is 15.7. The highest BCUT2D eigenvalue weighted by Gasteiger charge is 2.18. The van der Waals surface area contributed by atoms with E-state index in [0.29, 0.717) is 10.1 Å². The van der Waals surface area contributed by atoms with E-state index in [9.17, 15) is 0 Å². The van der Waals surface area contributed by atoms with Crippen LogP contribution in [0.1, 0.15) is 106 Å². The molecule has 0 spiro atoms. The smallest absolute Gasteiger partial charge is 0.167 e. The number of rotatable bonds is 23. The second-order valence-electron chi connectivity index (χ2n) is 10.4. The molecule has 0 saturated heterocycles. The third kappa shape index (κ3) is 21.5. The molecule has 0 aliphatic carbocycles. The largest absolute Gasteiger partial charge is 0.424 e. The van der Waals surface area contributed by atoms with Gasteiger partial charge in [-0.25, -0.2) is 0 Å². The van der Waals surface area contributed by atoms with Crippen LogP contribution < -0.4 is 10.6 Å². The van der Waals surface area contributed by atoms with E-state index in [-0.39, 0.29) is 19.5 Å². The van der Waals surface area contributed by atoms with Gasteiger partial charge in [0.2, 0.25) is 0 Å². The van der Waals surface area contributed by atoms with E-state index >= 15 is 0 Å². The van der Waals surface area contributed by atoms with Gasteiger partial charge in [0.15, 0.2) is 19.5 Å². The van der Waals surface area contributed by atoms with Crippen LogP contribution in [0.3, 0.4) is 0 Å². The van der Waals surface area contributed by atoms with Gasteiger partial charge in [0, 0.05) is 13.2 Å². The molecule has 0 rings (SSSR count). The van der Waals surface area contributed by atoms with Gasteiger partial charge in [0.25, 0.3) is 0 Å². The fourth-order valence-corrected chi connectivity index (χ4v) is 5.72. The molecule has 0 aromatic heterocycles. The second kappa shape index (κ2) is 19.9. The Morgan fingerprint density at radius 1 is 0.533 bits per heavy atom. The van der Waals surface area contributed by atoms with Gasteiger partial charge in [-0.05, 0) is 75.8 Å². The molecule has 0 aromatic carbocycles. The van der Waals surface area contributed by atoms with E-state index in [4.69, 9.17) is 8.85 Å². The number of unbranched alkanes of at least 4 members (excludes halogenated alkanes) is 7. The molecule has 0 aliphatic rings. The zero-order valence-electron chi connectivity index (χ0n) is 21.5. The predicted octanol–water partition coefficient (Wildman–Crippen LogP) is 4.70. The summed E-state index contributed by atoms with van der Waals surface area (Å²) in [6.45, 7) is 20.1. The molecule has 0 fully saturated rings. The highest BCUT2D eigenvalue weighted by molar-refractivity contribution is 6.32. The fraction of sp³-hybridized carbons (Fsp3) is 1.00. The van der Waals surface area contributed by atoms with Gasteiger partial charge in [-0.15, -0.1) is 0 Å². The summed E-state index contributed by atoms with van der Waals surface area (Å²) in [6, 6.07) is 0. The Labute approximate surface area is 194 Å². The highest BCUT2D eigenvalue weighted by Crippen LogP contribution is 2.27. The molecule has 0 unspecified atom stereocenters. The average molecular weight is 461 g/mol. The van der Waals surface area contributed by atoms with Crippen LogP contribution in [0.4, 0.5) is 0 Å². The maximum absolute atomic E-state index is 5.70. The zero-order chi connectivity index (χ0) is 22.6. The van der Waals surface area contributed by atoms with Gasteiger partial charge in [-0.1, -0.05) is 66.2 Å². The zero-order valence-corrected chi connectivity index (χ0v) is 24.4.